The summed E-state index contributed by atoms with van der Waals surface area (Å²) < 4.78 is 52.1. The second-order valence-corrected chi connectivity index (χ2v) is 6.32. The Labute approximate surface area is 148 Å². The van der Waals surface area contributed by atoms with Gasteiger partial charge in [-0.1, -0.05) is 12.1 Å². The number of hydrogen-bond acceptors (Lipinski definition) is 3. The standard InChI is InChI=1S/C20H16F3NO2/c1-25-11-4-2-10-3-5-19-13(12(10)6-11)8-18(24)20(26-19)14-7-16(22)17(23)9-15(14)21/h2-7,9,18,20H,8,24H2,1H3/t18-,20+/m1/s1. The topological polar surface area (TPSA) is 44.5 Å². The van der Waals surface area contributed by atoms with Crippen molar-refractivity contribution < 1.29 is 22.6 Å². The molecule has 1 aliphatic rings. The summed E-state index contributed by atoms with van der Waals surface area (Å²) in [7, 11) is 1.58. The van der Waals surface area contributed by atoms with Gasteiger partial charge in [-0.3, -0.25) is 0 Å². The van der Waals surface area contributed by atoms with Crippen molar-refractivity contribution in [1.29, 1.82) is 0 Å². The molecule has 0 saturated heterocycles. The van der Waals surface area contributed by atoms with Crippen LogP contribution in [-0.2, 0) is 6.42 Å². The molecule has 134 valence electrons. The Balaban J connectivity index is 1.80. The fraction of sp³-hybridized carbons (Fsp3) is 0.200. The van der Waals surface area contributed by atoms with Gasteiger partial charge in [0.05, 0.1) is 13.2 Å². The van der Waals surface area contributed by atoms with Crippen LogP contribution in [0.2, 0.25) is 0 Å². The maximum atomic E-state index is 14.2. The third-order valence-electron chi connectivity index (χ3n) is 4.73. The van der Waals surface area contributed by atoms with Crippen molar-refractivity contribution in [2.45, 2.75) is 18.6 Å². The Morgan fingerprint density at radius 2 is 1.73 bits per heavy atom. The molecule has 0 bridgehead atoms. The quantitative estimate of drug-likeness (QED) is 0.695. The number of rotatable bonds is 2. The molecule has 1 heterocycles. The van der Waals surface area contributed by atoms with Gasteiger partial charge in [-0.2, -0.15) is 0 Å². The van der Waals surface area contributed by atoms with Gasteiger partial charge in [0, 0.05) is 17.2 Å². The summed E-state index contributed by atoms with van der Waals surface area (Å²) in [6.45, 7) is 0. The average molecular weight is 359 g/mol. The van der Waals surface area contributed by atoms with Gasteiger partial charge in [-0.15, -0.1) is 0 Å². The van der Waals surface area contributed by atoms with Crippen molar-refractivity contribution in [2.24, 2.45) is 5.73 Å². The minimum absolute atomic E-state index is 0.0900. The zero-order chi connectivity index (χ0) is 18.4. The Bertz CT molecular complexity index is 1010. The number of methoxy groups -OCH3 is 1. The third-order valence-corrected chi connectivity index (χ3v) is 4.73. The van der Waals surface area contributed by atoms with Gasteiger partial charge in [-0.25, -0.2) is 13.2 Å². The van der Waals surface area contributed by atoms with Crippen LogP contribution in [0.25, 0.3) is 10.8 Å². The van der Waals surface area contributed by atoms with Gasteiger partial charge in [-0.05, 0) is 41.5 Å². The highest BCUT2D eigenvalue weighted by molar-refractivity contribution is 5.89. The van der Waals surface area contributed by atoms with Crippen LogP contribution in [0.4, 0.5) is 13.2 Å². The van der Waals surface area contributed by atoms with Crippen LogP contribution in [0.5, 0.6) is 11.5 Å². The van der Waals surface area contributed by atoms with E-state index in [0.29, 0.717) is 24.0 Å². The summed E-state index contributed by atoms with van der Waals surface area (Å²) in [6, 6.07) is 10.1. The molecule has 4 rings (SSSR count). The van der Waals surface area contributed by atoms with E-state index in [4.69, 9.17) is 15.2 Å². The molecule has 0 radical (unpaired) electrons. The Morgan fingerprint density at radius 3 is 2.50 bits per heavy atom. The number of halogens is 3. The minimum Gasteiger partial charge on any atom is -0.497 e. The average Bonchev–Trinajstić information content (AvgIpc) is 2.64. The highest BCUT2D eigenvalue weighted by Crippen LogP contribution is 2.40. The lowest BCUT2D eigenvalue weighted by molar-refractivity contribution is 0.149. The molecule has 3 nitrogen and oxygen atoms in total. The number of nitrogens with two attached hydrogens (primary N) is 1. The zero-order valence-electron chi connectivity index (χ0n) is 13.9. The monoisotopic (exact) mass is 359 g/mol. The molecule has 0 fully saturated rings. The Hall–Kier alpha value is -2.73. The summed E-state index contributed by atoms with van der Waals surface area (Å²) in [5.74, 6) is -2.01. The fourth-order valence-corrected chi connectivity index (χ4v) is 3.41. The molecule has 0 amide bonds. The van der Waals surface area contributed by atoms with E-state index in [1.165, 1.54) is 0 Å². The predicted octanol–water partition coefficient (Wildman–Crippen LogP) is 4.27. The first-order valence-corrected chi connectivity index (χ1v) is 8.14. The van der Waals surface area contributed by atoms with Crippen molar-refractivity contribution in [1.82, 2.24) is 0 Å². The van der Waals surface area contributed by atoms with E-state index in [-0.39, 0.29) is 5.56 Å². The molecule has 0 spiro atoms. The summed E-state index contributed by atoms with van der Waals surface area (Å²) in [5, 5.41) is 1.93. The van der Waals surface area contributed by atoms with Crippen LogP contribution in [-0.4, -0.2) is 13.2 Å². The molecule has 0 saturated carbocycles. The van der Waals surface area contributed by atoms with Crippen molar-refractivity contribution in [2.75, 3.05) is 7.11 Å². The van der Waals surface area contributed by atoms with Crippen LogP contribution in [0.3, 0.4) is 0 Å². The van der Waals surface area contributed by atoms with Gasteiger partial charge in [0.1, 0.15) is 23.4 Å². The van der Waals surface area contributed by atoms with Gasteiger partial charge in [0.25, 0.3) is 0 Å². The largest absolute Gasteiger partial charge is 0.497 e. The molecule has 26 heavy (non-hydrogen) atoms. The first kappa shape index (κ1) is 16.7. The molecule has 3 aromatic carbocycles. The predicted molar refractivity (Wildman–Crippen MR) is 91.9 cm³/mol. The molecule has 1 aliphatic heterocycles. The highest BCUT2D eigenvalue weighted by Gasteiger charge is 2.32. The molecular weight excluding hydrogens is 343 g/mol. The minimum atomic E-state index is -1.24. The molecule has 0 aliphatic carbocycles. The maximum Gasteiger partial charge on any atom is 0.161 e. The first-order chi connectivity index (χ1) is 12.5. The van der Waals surface area contributed by atoms with Gasteiger partial charge in [0.15, 0.2) is 11.6 Å². The second kappa shape index (κ2) is 6.21. The van der Waals surface area contributed by atoms with E-state index in [2.05, 4.69) is 0 Å². The lowest BCUT2D eigenvalue weighted by Crippen LogP contribution is -2.38. The molecule has 6 heteroatoms. The fourth-order valence-electron chi connectivity index (χ4n) is 3.41. The molecule has 2 atom stereocenters. The van der Waals surface area contributed by atoms with Gasteiger partial charge < -0.3 is 15.2 Å². The van der Waals surface area contributed by atoms with Crippen LogP contribution in [0.15, 0.2) is 42.5 Å². The van der Waals surface area contributed by atoms with E-state index in [1.807, 2.05) is 24.3 Å². The number of hydrogen-bond donors (Lipinski definition) is 1. The lowest BCUT2D eigenvalue weighted by atomic mass is 9.90. The molecular formula is C20H16F3NO2. The normalized spacial score (nSPS) is 19.1. The Kier molecular flexibility index (Phi) is 4.00. The summed E-state index contributed by atoms with van der Waals surface area (Å²) in [5.41, 5.74) is 7.00. The lowest BCUT2D eigenvalue weighted by Gasteiger charge is -2.32. The third kappa shape index (κ3) is 2.66. The van der Waals surface area contributed by atoms with E-state index >= 15 is 0 Å². The summed E-state index contributed by atoms with van der Waals surface area (Å²) in [6.07, 6.45) is -0.496. The molecule has 2 N–H and O–H groups in total. The second-order valence-electron chi connectivity index (χ2n) is 6.32. The summed E-state index contributed by atoms with van der Waals surface area (Å²) >= 11 is 0. The number of benzene rings is 3. The first-order valence-electron chi connectivity index (χ1n) is 8.14. The van der Waals surface area contributed by atoms with Gasteiger partial charge in [0.2, 0.25) is 0 Å². The SMILES string of the molecule is COc1ccc2ccc3c(c2c1)C[C@@H](N)[C@H](c1cc(F)c(F)cc1F)O3. The van der Waals surface area contributed by atoms with Gasteiger partial charge >= 0.3 is 0 Å². The van der Waals surface area contributed by atoms with Crippen LogP contribution < -0.4 is 15.2 Å². The van der Waals surface area contributed by atoms with Crippen molar-refractivity contribution in [3.63, 3.8) is 0 Å². The molecule has 0 unspecified atom stereocenters. The van der Waals surface area contributed by atoms with E-state index in [0.717, 1.165) is 22.4 Å². The summed E-state index contributed by atoms with van der Waals surface area (Å²) in [4.78, 5) is 0. The number of fused-ring (bicyclic) bond motifs is 3. The Morgan fingerprint density at radius 1 is 1.00 bits per heavy atom. The van der Waals surface area contributed by atoms with Crippen molar-refractivity contribution in [3.8, 4) is 11.5 Å². The van der Waals surface area contributed by atoms with Crippen molar-refractivity contribution in [3.05, 3.63) is 71.0 Å². The van der Waals surface area contributed by atoms with E-state index < -0.39 is 29.6 Å². The van der Waals surface area contributed by atoms with Crippen LogP contribution >= 0.6 is 0 Å². The molecule has 3 aromatic rings. The van der Waals surface area contributed by atoms with Crippen LogP contribution in [0, 0.1) is 17.5 Å². The molecule has 0 aromatic heterocycles. The van der Waals surface area contributed by atoms with E-state index in [9.17, 15) is 13.2 Å². The van der Waals surface area contributed by atoms with E-state index in [1.54, 1.807) is 13.2 Å². The highest BCUT2D eigenvalue weighted by atomic mass is 19.2. The van der Waals surface area contributed by atoms with Crippen molar-refractivity contribution >= 4 is 10.8 Å². The van der Waals surface area contributed by atoms with Crippen LogP contribution in [0.1, 0.15) is 17.2 Å². The number of ether oxygens (including phenoxy) is 2. The zero-order valence-corrected chi connectivity index (χ0v) is 13.9. The maximum absolute atomic E-state index is 14.2. The smallest absolute Gasteiger partial charge is 0.161 e.